The van der Waals surface area contributed by atoms with Crippen LogP contribution in [0.15, 0.2) is 66.9 Å². The summed E-state index contributed by atoms with van der Waals surface area (Å²) >= 11 is 0. The molecule has 2 aromatic heterocycles. The van der Waals surface area contributed by atoms with Gasteiger partial charge in [0, 0.05) is 5.92 Å². The lowest BCUT2D eigenvalue weighted by atomic mass is 9.90. The smallest absolute Gasteiger partial charge is 0.328 e. The fourth-order valence-corrected chi connectivity index (χ4v) is 4.27. The molecule has 170 valence electrons. The van der Waals surface area contributed by atoms with Gasteiger partial charge in [0.15, 0.2) is 11.5 Å². The second kappa shape index (κ2) is 9.21. The summed E-state index contributed by atoms with van der Waals surface area (Å²) < 4.78 is 42.8. The molecule has 1 saturated heterocycles. The van der Waals surface area contributed by atoms with Crippen LogP contribution in [0, 0.1) is 12.0 Å². The van der Waals surface area contributed by atoms with E-state index in [-0.39, 0.29) is 23.8 Å². The predicted octanol–water partition coefficient (Wildman–Crippen LogP) is 3.70. The number of halogens is 2. The molecule has 0 radical (unpaired) electrons. The molecule has 9 heteroatoms. The van der Waals surface area contributed by atoms with Gasteiger partial charge in [0.05, 0.1) is 31.2 Å². The van der Waals surface area contributed by atoms with Gasteiger partial charge in [0.1, 0.15) is 12.3 Å². The lowest BCUT2D eigenvalue weighted by Crippen LogP contribution is -2.28. The number of aromatic nitrogens is 4. The number of alkyl halides is 1. The number of benzene rings is 2. The Hall–Kier alpha value is -3.43. The molecule has 1 aliphatic heterocycles. The number of hydrogen-bond acceptors (Lipinski definition) is 6. The van der Waals surface area contributed by atoms with Gasteiger partial charge in [-0.25, -0.2) is 13.9 Å². The normalized spacial score (nSPS) is 22.7. The number of imidazole rings is 1. The van der Waals surface area contributed by atoms with Gasteiger partial charge in [-0.2, -0.15) is 9.37 Å². The van der Waals surface area contributed by atoms with Crippen LogP contribution in [0.5, 0.6) is 0 Å². The van der Waals surface area contributed by atoms with E-state index in [1.165, 1.54) is 10.7 Å². The molecule has 1 aliphatic rings. The summed E-state index contributed by atoms with van der Waals surface area (Å²) in [5, 5.41) is 3.73. The highest BCUT2D eigenvalue weighted by Gasteiger charge is 2.47. The van der Waals surface area contributed by atoms with Crippen LogP contribution < -0.4 is 5.73 Å². The summed E-state index contributed by atoms with van der Waals surface area (Å²) in [6.07, 6.45) is -2.02. The van der Waals surface area contributed by atoms with Gasteiger partial charge < -0.3 is 15.2 Å². The zero-order valence-electron chi connectivity index (χ0n) is 17.7. The topological polar surface area (TPSA) is 87.6 Å². The second-order valence-electron chi connectivity index (χ2n) is 8.08. The van der Waals surface area contributed by atoms with Crippen molar-refractivity contribution in [1.29, 1.82) is 0 Å². The third kappa shape index (κ3) is 4.42. The van der Waals surface area contributed by atoms with Crippen LogP contribution in [-0.4, -0.2) is 38.5 Å². The lowest BCUT2D eigenvalue weighted by Gasteiger charge is -2.19. The number of nitrogens with zero attached hydrogens (tertiary/aromatic N) is 4. The molecular formula is C24H23F2N5O2. The minimum atomic E-state index is -1.38. The highest BCUT2D eigenvalue weighted by molar-refractivity contribution is 5.59. The second-order valence-corrected chi connectivity index (χ2v) is 8.08. The largest absolute Gasteiger partial charge is 0.380 e. The molecule has 0 amide bonds. The van der Waals surface area contributed by atoms with Crippen LogP contribution >= 0.6 is 0 Å². The predicted molar refractivity (Wildman–Crippen MR) is 117 cm³/mol. The van der Waals surface area contributed by atoms with Gasteiger partial charge in [-0.05, 0) is 17.5 Å². The van der Waals surface area contributed by atoms with Crippen LogP contribution in [0.1, 0.15) is 22.9 Å². The van der Waals surface area contributed by atoms with E-state index in [4.69, 9.17) is 15.2 Å². The summed E-state index contributed by atoms with van der Waals surface area (Å²) in [6.45, 7) is 0.608. The summed E-state index contributed by atoms with van der Waals surface area (Å²) in [5.41, 5.74) is 8.22. The quantitative estimate of drug-likeness (QED) is 0.461. The maximum absolute atomic E-state index is 15.8. The van der Waals surface area contributed by atoms with Crippen molar-refractivity contribution in [2.24, 2.45) is 5.92 Å². The lowest BCUT2D eigenvalue weighted by molar-refractivity contribution is -0.0354. The first-order valence-electron chi connectivity index (χ1n) is 10.7. The third-order valence-corrected chi connectivity index (χ3v) is 5.89. The number of nitrogen functional groups attached to an aromatic ring is 1. The Morgan fingerprint density at radius 3 is 2.45 bits per heavy atom. The highest BCUT2D eigenvalue weighted by atomic mass is 19.1. The molecule has 0 unspecified atom stereocenters. The van der Waals surface area contributed by atoms with Gasteiger partial charge in [-0.1, -0.05) is 60.7 Å². The van der Waals surface area contributed by atoms with E-state index in [9.17, 15) is 4.39 Å². The van der Waals surface area contributed by atoms with Crippen molar-refractivity contribution < 1.29 is 18.3 Å². The number of hydrogen-bond donors (Lipinski definition) is 1. The van der Waals surface area contributed by atoms with Gasteiger partial charge in [-0.3, -0.25) is 0 Å². The molecule has 0 aliphatic carbocycles. The number of fused-ring (bicyclic) bond motifs is 1. The summed E-state index contributed by atoms with van der Waals surface area (Å²) in [4.78, 5) is 7.62. The molecule has 0 saturated carbocycles. The van der Waals surface area contributed by atoms with E-state index < -0.39 is 30.4 Å². The molecule has 3 heterocycles. The van der Waals surface area contributed by atoms with E-state index >= 15 is 4.39 Å². The standard InChI is InChI=1S/C24H23F2N5O2/c25-20-17(11-15-7-3-1-4-8-15)19(14-32-13-16-9-5-2-6-10-16)33-21(20)18-12-28-23-22(27)29-24(26)30-31(18)23/h1-10,12,17,19-21H,11,13-14H2,(H2,27,29,30)/t17-,19-,20-,21+/m1/s1. The third-order valence-electron chi connectivity index (χ3n) is 5.89. The molecule has 7 nitrogen and oxygen atoms in total. The molecule has 2 N–H and O–H groups in total. The fraction of sp³-hybridized carbons (Fsp3) is 0.292. The molecule has 4 aromatic rings. The maximum Gasteiger partial charge on any atom is 0.328 e. The summed E-state index contributed by atoms with van der Waals surface area (Å²) in [5.74, 6) is -0.589. The Bertz CT molecular complexity index is 1220. The number of anilines is 1. The van der Waals surface area contributed by atoms with Crippen molar-refractivity contribution in [2.45, 2.75) is 31.4 Å². The average molecular weight is 451 g/mol. The first kappa shape index (κ1) is 21.4. The Labute approximate surface area is 189 Å². The van der Waals surface area contributed by atoms with Gasteiger partial charge >= 0.3 is 6.08 Å². The van der Waals surface area contributed by atoms with Crippen molar-refractivity contribution >= 4 is 11.5 Å². The van der Waals surface area contributed by atoms with Gasteiger partial charge in [-0.15, -0.1) is 5.10 Å². The van der Waals surface area contributed by atoms with E-state index in [0.29, 0.717) is 13.0 Å². The van der Waals surface area contributed by atoms with Crippen molar-refractivity contribution in [3.8, 4) is 0 Å². The Morgan fingerprint density at radius 2 is 1.73 bits per heavy atom. The van der Waals surface area contributed by atoms with Crippen molar-refractivity contribution in [3.05, 3.63) is 89.8 Å². The van der Waals surface area contributed by atoms with Crippen LogP contribution in [0.25, 0.3) is 5.65 Å². The van der Waals surface area contributed by atoms with E-state index in [2.05, 4.69) is 15.1 Å². The molecule has 2 aromatic carbocycles. The van der Waals surface area contributed by atoms with Crippen LogP contribution in [0.4, 0.5) is 14.6 Å². The molecule has 0 bridgehead atoms. The average Bonchev–Trinajstić information content (AvgIpc) is 3.37. The molecule has 4 atom stereocenters. The number of ether oxygens (including phenoxy) is 2. The van der Waals surface area contributed by atoms with Crippen LogP contribution in [0.2, 0.25) is 0 Å². The summed E-state index contributed by atoms with van der Waals surface area (Å²) in [6, 6.07) is 19.4. The van der Waals surface area contributed by atoms with Gasteiger partial charge in [0.25, 0.3) is 0 Å². The van der Waals surface area contributed by atoms with Crippen molar-refractivity contribution in [2.75, 3.05) is 12.3 Å². The van der Waals surface area contributed by atoms with Crippen LogP contribution in [-0.2, 0) is 22.5 Å². The zero-order chi connectivity index (χ0) is 22.8. The highest BCUT2D eigenvalue weighted by Crippen LogP contribution is 2.41. The maximum atomic E-state index is 15.8. The molecule has 33 heavy (non-hydrogen) atoms. The first-order valence-corrected chi connectivity index (χ1v) is 10.7. The molecule has 0 spiro atoms. The Kier molecular flexibility index (Phi) is 5.97. The minimum Gasteiger partial charge on any atom is -0.380 e. The van der Waals surface area contributed by atoms with Gasteiger partial charge in [0.2, 0.25) is 0 Å². The zero-order valence-corrected chi connectivity index (χ0v) is 17.7. The van der Waals surface area contributed by atoms with Crippen LogP contribution in [0.3, 0.4) is 0 Å². The van der Waals surface area contributed by atoms with Crippen molar-refractivity contribution in [3.63, 3.8) is 0 Å². The monoisotopic (exact) mass is 451 g/mol. The Balaban J connectivity index is 1.40. The number of rotatable bonds is 7. The fourth-order valence-electron chi connectivity index (χ4n) is 4.27. The van der Waals surface area contributed by atoms with E-state index in [1.54, 1.807) is 0 Å². The van der Waals surface area contributed by atoms with Crippen molar-refractivity contribution in [1.82, 2.24) is 19.6 Å². The number of nitrogens with two attached hydrogens (primary N) is 1. The molecular weight excluding hydrogens is 428 g/mol. The molecule has 5 rings (SSSR count). The minimum absolute atomic E-state index is 0.120. The first-order chi connectivity index (χ1) is 16.1. The van der Waals surface area contributed by atoms with E-state index in [1.807, 2.05) is 60.7 Å². The van der Waals surface area contributed by atoms with E-state index in [0.717, 1.165) is 11.1 Å². The molecule has 1 fully saturated rings. The SMILES string of the molecule is Nc1nc(F)nn2c([C@@H]3O[C@H](COCc4ccccc4)[C@@H](Cc4ccccc4)[C@H]3F)cnc12. The summed E-state index contributed by atoms with van der Waals surface area (Å²) in [7, 11) is 0. The Morgan fingerprint density at radius 1 is 1.03 bits per heavy atom.